The Hall–Kier alpha value is -2.84. The number of nitrogens with one attached hydrogen (secondary N) is 1. The number of hydrogen-bond acceptors (Lipinski definition) is 4. The zero-order valence-electron chi connectivity index (χ0n) is 16.5. The summed E-state index contributed by atoms with van der Waals surface area (Å²) in [6, 6.07) is 17.4. The third kappa shape index (κ3) is 5.14. The molecule has 3 aromatic rings. The van der Waals surface area contributed by atoms with Crippen molar-refractivity contribution < 1.29 is 27.4 Å². The molecule has 32 heavy (non-hydrogen) atoms. The number of carbonyl (C=O) groups excluding carboxylic acids is 1. The molecule has 0 saturated carbocycles. The van der Waals surface area contributed by atoms with E-state index >= 15 is 0 Å². The van der Waals surface area contributed by atoms with Crippen LogP contribution in [-0.4, -0.2) is 19.1 Å². The van der Waals surface area contributed by atoms with Crippen LogP contribution in [0.5, 0.6) is 11.5 Å². The van der Waals surface area contributed by atoms with Crippen LogP contribution in [0.2, 0.25) is 5.02 Å². The highest BCUT2D eigenvalue weighted by Gasteiger charge is 2.35. The van der Waals surface area contributed by atoms with E-state index in [9.17, 15) is 18.0 Å². The fraction of sp³-hybridized carbons (Fsp3) is 0.174. The highest BCUT2D eigenvalue weighted by molar-refractivity contribution is 8.00. The Kier molecular flexibility index (Phi) is 6.53. The monoisotopic (exact) mass is 479 g/mol. The maximum atomic E-state index is 13.5. The first kappa shape index (κ1) is 22.4. The molecule has 0 fully saturated rings. The van der Waals surface area contributed by atoms with Crippen molar-refractivity contribution in [2.45, 2.75) is 16.3 Å². The molecule has 0 aromatic heterocycles. The summed E-state index contributed by atoms with van der Waals surface area (Å²) in [6.45, 7) is 0.873. The van der Waals surface area contributed by atoms with Gasteiger partial charge in [0, 0.05) is 9.92 Å². The lowest BCUT2D eigenvalue weighted by Gasteiger charge is -2.21. The van der Waals surface area contributed by atoms with Crippen molar-refractivity contribution in [2.75, 3.05) is 18.5 Å². The summed E-state index contributed by atoms with van der Waals surface area (Å²) in [5, 5.41) is 1.55. The second-order valence-corrected chi connectivity index (χ2v) is 8.51. The Morgan fingerprint density at radius 3 is 2.41 bits per heavy atom. The van der Waals surface area contributed by atoms with Crippen molar-refractivity contribution in [3.05, 3.63) is 82.9 Å². The number of benzene rings is 3. The number of thioether (sulfide) groups is 1. The van der Waals surface area contributed by atoms with Crippen LogP contribution in [0.25, 0.3) is 0 Å². The van der Waals surface area contributed by atoms with Gasteiger partial charge >= 0.3 is 6.18 Å². The van der Waals surface area contributed by atoms with Crippen LogP contribution in [-0.2, 0) is 11.0 Å². The predicted octanol–water partition coefficient (Wildman–Crippen LogP) is 6.60. The van der Waals surface area contributed by atoms with E-state index in [0.717, 1.165) is 12.1 Å². The number of fused-ring (bicyclic) bond motifs is 1. The number of carbonyl (C=O) groups is 1. The maximum Gasteiger partial charge on any atom is 0.418 e. The first-order valence-corrected chi connectivity index (χ1v) is 10.9. The zero-order chi connectivity index (χ0) is 22.7. The van der Waals surface area contributed by atoms with Crippen molar-refractivity contribution in [1.29, 1.82) is 0 Å². The van der Waals surface area contributed by atoms with Gasteiger partial charge in [0.2, 0.25) is 5.91 Å². The molecule has 1 N–H and O–H groups in total. The average Bonchev–Trinajstić information content (AvgIpc) is 2.78. The number of ether oxygens (including phenoxy) is 2. The Labute approximate surface area is 191 Å². The standard InChI is InChI=1S/C23H17ClF3NO3S/c24-15-6-8-18(17(12-15)23(25,26)27)28-22(29)21(14-4-2-1-3-5-14)32-16-7-9-19-20(13-16)31-11-10-30-19/h1-9,12-13,21H,10-11H2,(H,28,29)/t21-/m0/s1. The van der Waals surface area contributed by atoms with E-state index in [0.29, 0.717) is 35.2 Å². The Balaban J connectivity index is 1.64. The first-order valence-electron chi connectivity index (χ1n) is 9.60. The minimum atomic E-state index is -4.67. The minimum Gasteiger partial charge on any atom is -0.486 e. The van der Waals surface area contributed by atoms with Crippen molar-refractivity contribution in [3.8, 4) is 11.5 Å². The molecule has 0 radical (unpaired) electrons. The van der Waals surface area contributed by atoms with Gasteiger partial charge in [-0.25, -0.2) is 0 Å². The van der Waals surface area contributed by atoms with Gasteiger partial charge < -0.3 is 14.8 Å². The van der Waals surface area contributed by atoms with Gasteiger partial charge in [0.15, 0.2) is 11.5 Å². The van der Waals surface area contributed by atoms with Crippen LogP contribution in [0, 0.1) is 0 Å². The van der Waals surface area contributed by atoms with Crippen LogP contribution in [0.3, 0.4) is 0 Å². The summed E-state index contributed by atoms with van der Waals surface area (Å²) < 4.78 is 51.5. The number of amides is 1. The molecule has 1 heterocycles. The molecule has 1 aliphatic rings. The van der Waals surface area contributed by atoms with E-state index in [1.807, 2.05) is 0 Å². The third-order valence-corrected chi connectivity index (χ3v) is 6.14. The maximum absolute atomic E-state index is 13.5. The van der Waals surface area contributed by atoms with Crippen molar-refractivity contribution in [3.63, 3.8) is 0 Å². The fourth-order valence-corrected chi connectivity index (χ4v) is 4.42. The largest absolute Gasteiger partial charge is 0.486 e. The molecule has 0 spiro atoms. The van der Waals surface area contributed by atoms with E-state index in [-0.39, 0.29) is 10.7 Å². The van der Waals surface area contributed by atoms with Crippen LogP contribution in [0.1, 0.15) is 16.4 Å². The second kappa shape index (κ2) is 9.34. The quantitative estimate of drug-likeness (QED) is 0.419. The molecule has 9 heteroatoms. The molecule has 166 valence electrons. The lowest BCUT2D eigenvalue weighted by molar-refractivity contribution is -0.137. The number of alkyl halides is 3. The second-order valence-electron chi connectivity index (χ2n) is 6.89. The molecule has 0 aliphatic carbocycles. The number of halogens is 4. The van der Waals surface area contributed by atoms with Crippen molar-refractivity contribution in [2.24, 2.45) is 0 Å². The summed E-state index contributed by atoms with van der Waals surface area (Å²) in [7, 11) is 0. The molecule has 4 rings (SSSR count). The third-order valence-electron chi connectivity index (χ3n) is 4.65. The van der Waals surface area contributed by atoms with Crippen molar-refractivity contribution >= 4 is 35.0 Å². The molecular weight excluding hydrogens is 463 g/mol. The van der Waals surface area contributed by atoms with Crippen LogP contribution < -0.4 is 14.8 Å². The van der Waals surface area contributed by atoms with E-state index < -0.39 is 22.9 Å². The topological polar surface area (TPSA) is 47.6 Å². The SMILES string of the molecule is O=C(Nc1ccc(Cl)cc1C(F)(F)F)[C@@H](Sc1ccc2c(c1)OCCO2)c1ccccc1. The molecule has 0 saturated heterocycles. The summed E-state index contributed by atoms with van der Waals surface area (Å²) in [5.74, 6) is 0.576. The van der Waals surface area contributed by atoms with Crippen LogP contribution in [0.4, 0.5) is 18.9 Å². The lowest BCUT2D eigenvalue weighted by atomic mass is 10.1. The Morgan fingerprint density at radius 1 is 0.969 bits per heavy atom. The van der Waals surface area contributed by atoms with Gasteiger partial charge in [-0.05, 0) is 42.0 Å². The zero-order valence-corrected chi connectivity index (χ0v) is 18.1. The summed E-state index contributed by atoms with van der Waals surface area (Å²) in [5.41, 5.74) is -0.711. The highest BCUT2D eigenvalue weighted by atomic mass is 35.5. The molecule has 3 aromatic carbocycles. The van der Waals surface area contributed by atoms with Gasteiger partial charge in [0.1, 0.15) is 18.5 Å². The number of anilines is 1. The van der Waals surface area contributed by atoms with Gasteiger partial charge in [-0.3, -0.25) is 4.79 Å². The van der Waals surface area contributed by atoms with Gasteiger partial charge in [-0.15, -0.1) is 11.8 Å². The molecule has 0 unspecified atom stereocenters. The number of rotatable bonds is 5. The predicted molar refractivity (Wildman–Crippen MR) is 118 cm³/mol. The van der Waals surface area contributed by atoms with E-state index in [1.165, 1.54) is 17.8 Å². The van der Waals surface area contributed by atoms with E-state index in [1.54, 1.807) is 48.5 Å². The minimum absolute atomic E-state index is 0.0689. The van der Waals surface area contributed by atoms with Gasteiger partial charge in [-0.2, -0.15) is 13.2 Å². The van der Waals surface area contributed by atoms with Crippen molar-refractivity contribution in [1.82, 2.24) is 0 Å². The summed E-state index contributed by atoms with van der Waals surface area (Å²) in [4.78, 5) is 13.9. The first-order chi connectivity index (χ1) is 15.3. The molecular formula is C23H17ClF3NO3S. The molecule has 0 bridgehead atoms. The van der Waals surface area contributed by atoms with E-state index in [4.69, 9.17) is 21.1 Å². The lowest BCUT2D eigenvalue weighted by Crippen LogP contribution is -2.21. The summed E-state index contributed by atoms with van der Waals surface area (Å²) >= 11 is 6.95. The number of hydrogen-bond donors (Lipinski definition) is 1. The highest BCUT2D eigenvalue weighted by Crippen LogP contribution is 2.42. The Morgan fingerprint density at radius 2 is 1.69 bits per heavy atom. The normalized spacial score (nSPS) is 14.0. The summed E-state index contributed by atoms with van der Waals surface area (Å²) in [6.07, 6.45) is -4.67. The van der Waals surface area contributed by atoms with Crippen LogP contribution >= 0.6 is 23.4 Å². The van der Waals surface area contributed by atoms with E-state index in [2.05, 4.69) is 5.32 Å². The van der Waals surface area contributed by atoms with Gasteiger partial charge in [0.05, 0.1) is 11.3 Å². The molecule has 1 aliphatic heterocycles. The molecule has 1 amide bonds. The van der Waals surface area contributed by atoms with Gasteiger partial charge in [-0.1, -0.05) is 41.9 Å². The Bertz CT molecular complexity index is 1130. The van der Waals surface area contributed by atoms with Gasteiger partial charge in [0.25, 0.3) is 0 Å². The smallest absolute Gasteiger partial charge is 0.418 e. The average molecular weight is 480 g/mol. The van der Waals surface area contributed by atoms with Crippen LogP contribution in [0.15, 0.2) is 71.6 Å². The fourth-order valence-electron chi connectivity index (χ4n) is 3.19. The molecule has 4 nitrogen and oxygen atoms in total. The molecule has 1 atom stereocenters.